The molecule has 1 amide bonds. The third kappa shape index (κ3) is 4.67. The fraction of sp³-hybridized carbons (Fsp3) is 0.364. The number of piperazine rings is 1. The molecule has 0 saturated carbocycles. The van der Waals surface area contributed by atoms with Crippen molar-refractivity contribution in [3.63, 3.8) is 0 Å². The number of fused-ring (bicyclic) bond motifs is 4. The Morgan fingerprint density at radius 2 is 1.43 bits per heavy atom. The second-order valence-corrected chi connectivity index (χ2v) is 10.3. The number of hydrogen-bond acceptors (Lipinski definition) is 8. The van der Waals surface area contributed by atoms with Crippen LogP contribution < -0.4 is 33.7 Å². The number of carbonyl (C=O) groups excluding carboxylic acids is 1. The normalized spacial score (nSPS) is 18.4. The Labute approximate surface area is 246 Å². The van der Waals surface area contributed by atoms with Gasteiger partial charge in [-0.25, -0.2) is 0 Å². The second kappa shape index (κ2) is 11.9. The number of carbonyl (C=O) groups is 1. The van der Waals surface area contributed by atoms with Crippen LogP contribution in [-0.4, -0.2) is 59.5 Å². The molecule has 2 atom stereocenters. The van der Waals surface area contributed by atoms with Gasteiger partial charge in [-0.1, -0.05) is 30.3 Å². The summed E-state index contributed by atoms with van der Waals surface area (Å²) in [7, 11) is 9.72. The van der Waals surface area contributed by atoms with Crippen LogP contribution in [-0.2, 0) is 17.8 Å². The van der Waals surface area contributed by atoms with E-state index in [1.54, 1.807) is 42.7 Å². The summed E-state index contributed by atoms with van der Waals surface area (Å²) in [6.07, 6.45) is 2.43. The van der Waals surface area contributed by atoms with Gasteiger partial charge in [0, 0.05) is 39.9 Å². The summed E-state index contributed by atoms with van der Waals surface area (Å²) < 4.78 is 34.9. The molecule has 1 fully saturated rings. The average Bonchev–Trinajstić information content (AvgIpc) is 3.01. The number of methoxy groups -OCH3 is 6. The van der Waals surface area contributed by atoms with Crippen molar-refractivity contribution in [2.75, 3.05) is 42.7 Å². The number of amides is 1. The molecule has 9 heteroatoms. The van der Waals surface area contributed by atoms with E-state index in [4.69, 9.17) is 28.4 Å². The summed E-state index contributed by atoms with van der Waals surface area (Å²) in [5, 5.41) is 3.60. The molecule has 1 saturated heterocycles. The highest BCUT2D eigenvalue weighted by Gasteiger charge is 2.46. The minimum Gasteiger partial charge on any atom is -0.496 e. The van der Waals surface area contributed by atoms with Gasteiger partial charge in [0.2, 0.25) is 5.91 Å². The molecule has 2 bridgehead atoms. The van der Waals surface area contributed by atoms with E-state index >= 15 is 0 Å². The van der Waals surface area contributed by atoms with Crippen molar-refractivity contribution >= 4 is 12.0 Å². The van der Waals surface area contributed by atoms with E-state index in [1.807, 2.05) is 61.2 Å². The van der Waals surface area contributed by atoms with Crippen molar-refractivity contribution in [3.05, 3.63) is 75.5 Å². The Morgan fingerprint density at radius 3 is 2.02 bits per heavy atom. The van der Waals surface area contributed by atoms with Gasteiger partial charge in [-0.15, -0.1) is 0 Å². The van der Waals surface area contributed by atoms with Gasteiger partial charge < -0.3 is 33.3 Å². The van der Waals surface area contributed by atoms with Crippen LogP contribution in [0.15, 0.2) is 42.1 Å². The van der Waals surface area contributed by atoms with Crippen LogP contribution in [0.1, 0.15) is 39.4 Å². The zero-order chi connectivity index (χ0) is 30.1. The van der Waals surface area contributed by atoms with E-state index < -0.39 is 12.1 Å². The van der Waals surface area contributed by atoms with Crippen LogP contribution >= 0.6 is 0 Å². The molecule has 3 aromatic carbocycles. The first-order valence-corrected chi connectivity index (χ1v) is 13.8. The summed E-state index contributed by atoms with van der Waals surface area (Å²) in [5.41, 5.74) is 5.90. The molecular formula is C33H38N2O7. The highest BCUT2D eigenvalue weighted by atomic mass is 16.5. The molecule has 1 N–H and O–H groups in total. The number of benzene rings is 3. The number of nitrogens with one attached hydrogen (secondary N) is 1. The molecule has 2 unspecified atom stereocenters. The molecule has 0 radical (unpaired) electrons. The first-order valence-electron chi connectivity index (χ1n) is 13.8. The fourth-order valence-corrected chi connectivity index (χ4v) is 6.34. The molecule has 0 spiro atoms. The number of nitrogens with zero attached hydrogens (tertiary/aromatic N) is 1. The second-order valence-electron chi connectivity index (χ2n) is 10.3. The Bertz CT molecular complexity index is 1530. The minimum atomic E-state index is -0.455. The number of hydrogen-bond donors (Lipinski definition) is 1. The third-order valence-electron chi connectivity index (χ3n) is 8.15. The molecular weight excluding hydrogens is 536 g/mol. The van der Waals surface area contributed by atoms with Crippen LogP contribution in [0.3, 0.4) is 0 Å². The van der Waals surface area contributed by atoms with Crippen molar-refractivity contribution < 1.29 is 33.2 Å². The Balaban J connectivity index is 1.81. The van der Waals surface area contributed by atoms with Gasteiger partial charge in [-0.2, -0.15) is 0 Å². The van der Waals surface area contributed by atoms with E-state index in [-0.39, 0.29) is 5.91 Å². The standard InChI is InChI=1S/C33H38N2O7/c1-18-28(38-4)21(15-25(37-3)30(18)40-6)14-24-27-26-22(29(39-5)19(2)31(41-7)32(26)42-8)16-23(34-27)33(36)35(24)17-20-12-10-9-11-13-20/h9-15,23,27,34H,16-17H2,1-8H3. The lowest BCUT2D eigenvalue weighted by Crippen LogP contribution is -2.57. The van der Waals surface area contributed by atoms with Crippen LogP contribution in [0.5, 0.6) is 34.5 Å². The maximum atomic E-state index is 14.2. The first-order chi connectivity index (χ1) is 20.3. The molecule has 5 rings (SSSR count). The van der Waals surface area contributed by atoms with Crippen molar-refractivity contribution in [1.29, 1.82) is 0 Å². The molecule has 222 valence electrons. The summed E-state index contributed by atoms with van der Waals surface area (Å²) in [6.45, 7) is 4.25. The lowest BCUT2D eigenvalue weighted by molar-refractivity contribution is -0.135. The molecule has 0 aliphatic carbocycles. The van der Waals surface area contributed by atoms with Crippen LogP contribution in [0, 0.1) is 13.8 Å². The molecule has 3 aromatic rings. The monoisotopic (exact) mass is 574 g/mol. The van der Waals surface area contributed by atoms with Gasteiger partial charge in [0.15, 0.2) is 23.0 Å². The maximum absolute atomic E-state index is 14.2. The third-order valence-corrected chi connectivity index (χ3v) is 8.15. The zero-order valence-corrected chi connectivity index (χ0v) is 25.4. The Morgan fingerprint density at radius 1 is 0.810 bits per heavy atom. The van der Waals surface area contributed by atoms with Crippen LogP contribution in [0.2, 0.25) is 0 Å². The first kappa shape index (κ1) is 29.1. The van der Waals surface area contributed by atoms with Crippen molar-refractivity contribution in [2.24, 2.45) is 0 Å². The Hall–Kier alpha value is -4.37. The van der Waals surface area contributed by atoms with Gasteiger partial charge >= 0.3 is 0 Å². The van der Waals surface area contributed by atoms with Crippen molar-refractivity contribution in [2.45, 2.75) is 38.9 Å². The SMILES string of the molecule is COc1cc(C=C2C3NC(Cc4c(OC)c(C)c(OC)c(OC)c43)C(=O)N2Cc2ccccc2)c(OC)c(C)c1OC. The van der Waals surface area contributed by atoms with E-state index in [1.165, 1.54) is 0 Å². The summed E-state index contributed by atoms with van der Waals surface area (Å²) >= 11 is 0. The summed E-state index contributed by atoms with van der Waals surface area (Å²) in [5.74, 6) is 3.64. The van der Waals surface area contributed by atoms with E-state index in [0.29, 0.717) is 47.5 Å². The quantitative estimate of drug-likeness (QED) is 0.383. The Kier molecular flexibility index (Phi) is 8.22. The maximum Gasteiger partial charge on any atom is 0.244 e. The van der Waals surface area contributed by atoms with E-state index in [2.05, 4.69) is 5.32 Å². The molecule has 2 aliphatic rings. The van der Waals surface area contributed by atoms with Gasteiger partial charge in [0.05, 0.1) is 61.3 Å². The van der Waals surface area contributed by atoms with Crippen molar-refractivity contribution in [1.82, 2.24) is 10.2 Å². The zero-order valence-electron chi connectivity index (χ0n) is 25.4. The van der Waals surface area contributed by atoms with E-state index in [9.17, 15) is 4.79 Å². The lowest BCUT2D eigenvalue weighted by atomic mass is 9.81. The van der Waals surface area contributed by atoms with Crippen molar-refractivity contribution in [3.8, 4) is 34.5 Å². The lowest BCUT2D eigenvalue weighted by Gasteiger charge is -2.45. The van der Waals surface area contributed by atoms with E-state index in [0.717, 1.165) is 39.1 Å². The highest BCUT2D eigenvalue weighted by molar-refractivity contribution is 5.89. The largest absolute Gasteiger partial charge is 0.496 e. The molecule has 0 aromatic heterocycles. The van der Waals surface area contributed by atoms with Crippen LogP contribution in [0.4, 0.5) is 0 Å². The highest BCUT2D eigenvalue weighted by Crippen LogP contribution is 2.52. The molecule has 9 nitrogen and oxygen atoms in total. The molecule has 2 heterocycles. The predicted molar refractivity (Wildman–Crippen MR) is 160 cm³/mol. The van der Waals surface area contributed by atoms with Crippen LogP contribution in [0.25, 0.3) is 6.08 Å². The predicted octanol–water partition coefficient (Wildman–Crippen LogP) is 4.99. The fourth-order valence-electron chi connectivity index (χ4n) is 6.34. The molecule has 2 aliphatic heterocycles. The summed E-state index contributed by atoms with van der Waals surface area (Å²) in [4.78, 5) is 16.1. The summed E-state index contributed by atoms with van der Waals surface area (Å²) in [6, 6.07) is 11.0. The number of ether oxygens (including phenoxy) is 6. The van der Waals surface area contributed by atoms with Gasteiger partial charge in [-0.05, 0) is 31.6 Å². The molecule has 42 heavy (non-hydrogen) atoms. The van der Waals surface area contributed by atoms with Gasteiger partial charge in [-0.3, -0.25) is 10.1 Å². The smallest absolute Gasteiger partial charge is 0.244 e. The number of rotatable bonds is 9. The van der Waals surface area contributed by atoms with Gasteiger partial charge in [0.1, 0.15) is 11.5 Å². The van der Waals surface area contributed by atoms with Gasteiger partial charge in [0.25, 0.3) is 0 Å². The minimum absolute atomic E-state index is 0.0299. The average molecular weight is 575 g/mol. The topological polar surface area (TPSA) is 87.7 Å².